The molecule has 182 valence electrons. The largest absolute Gasteiger partial charge is 0.449 e. The fourth-order valence-electron chi connectivity index (χ4n) is 4.22. The number of nitrogens with zero attached hydrogens (tertiary/aromatic N) is 2. The number of likely N-dealkylation sites (tertiary alicyclic amines) is 1. The van der Waals surface area contributed by atoms with Crippen molar-refractivity contribution in [2.45, 2.75) is 51.6 Å². The first kappa shape index (κ1) is 23.9. The van der Waals surface area contributed by atoms with Gasteiger partial charge in [0.25, 0.3) is 0 Å². The minimum absolute atomic E-state index is 0.0482. The number of pyridine rings is 1. The maximum atomic E-state index is 13.7. The molecule has 1 aromatic heterocycles. The summed E-state index contributed by atoms with van der Waals surface area (Å²) >= 11 is 0. The highest BCUT2D eigenvalue weighted by molar-refractivity contribution is 6.02. The van der Waals surface area contributed by atoms with Gasteiger partial charge >= 0.3 is 12.7 Å². The number of ether oxygens (including phenoxy) is 2. The van der Waals surface area contributed by atoms with E-state index in [9.17, 15) is 18.4 Å². The molecule has 7 nitrogen and oxygen atoms in total. The van der Waals surface area contributed by atoms with Crippen LogP contribution < -0.4 is 10.1 Å². The molecule has 0 spiro atoms. The van der Waals surface area contributed by atoms with Gasteiger partial charge in [0.05, 0.1) is 6.61 Å². The molecule has 4 rings (SSSR count). The van der Waals surface area contributed by atoms with Gasteiger partial charge in [0.15, 0.2) is 0 Å². The average Bonchev–Trinajstić information content (AvgIpc) is 3.58. The molecule has 2 aromatic rings. The highest BCUT2D eigenvalue weighted by Gasteiger charge is 2.54. The number of carbonyl (C=O) groups excluding carboxylic acids is 2. The Hall–Kier alpha value is -3.23. The summed E-state index contributed by atoms with van der Waals surface area (Å²) in [7, 11) is 0. The van der Waals surface area contributed by atoms with Gasteiger partial charge in [0, 0.05) is 18.8 Å². The Labute approximate surface area is 197 Å². The zero-order chi connectivity index (χ0) is 24.5. The van der Waals surface area contributed by atoms with Crippen molar-refractivity contribution in [3.63, 3.8) is 0 Å². The van der Waals surface area contributed by atoms with E-state index < -0.39 is 24.0 Å². The van der Waals surface area contributed by atoms with E-state index in [4.69, 9.17) is 4.74 Å². The fraction of sp³-hybridized carbons (Fsp3) is 0.480. The van der Waals surface area contributed by atoms with Gasteiger partial charge in [-0.3, -0.25) is 4.79 Å². The van der Waals surface area contributed by atoms with E-state index in [-0.39, 0.29) is 30.6 Å². The molecule has 34 heavy (non-hydrogen) atoms. The molecule has 0 bridgehead atoms. The van der Waals surface area contributed by atoms with Crippen molar-refractivity contribution < 1.29 is 27.8 Å². The lowest BCUT2D eigenvalue weighted by Crippen LogP contribution is -2.66. The van der Waals surface area contributed by atoms with E-state index in [1.54, 1.807) is 13.0 Å². The monoisotopic (exact) mass is 473 g/mol. The molecule has 2 aliphatic rings. The van der Waals surface area contributed by atoms with Gasteiger partial charge < -0.3 is 19.7 Å². The van der Waals surface area contributed by atoms with Crippen molar-refractivity contribution in [1.82, 2.24) is 9.88 Å². The number of aryl methyl sites for hydroxylation is 1. The number of carbonyl (C=O) groups is 2. The van der Waals surface area contributed by atoms with Crippen LogP contribution in [0.3, 0.4) is 0 Å². The summed E-state index contributed by atoms with van der Waals surface area (Å²) < 4.78 is 35.8. The first-order chi connectivity index (χ1) is 16.2. The van der Waals surface area contributed by atoms with E-state index in [1.165, 1.54) is 11.0 Å². The Kier molecular flexibility index (Phi) is 6.72. The van der Waals surface area contributed by atoms with Gasteiger partial charge in [-0.2, -0.15) is 8.78 Å². The molecule has 9 heteroatoms. The number of hydrogen-bond acceptors (Lipinski definition) is 5. The molecule has 0 radical (unpaired) electrons. The molecular formula is C25H29F2N3O4. The summed E-state index contributed by atoms with van der Waals surface area (Å²) in [6.07, 6.45) is 1.68. The second kappa shape index (κ2) is 9.56. The van der Waals surface area contributed by atoms with E-state index in [0.717, 1.165) is 24.0 Å². The van der Waals surface area contributed by atoms with Crippen LogP contribution in [0.25, 0.3) is 0 Å². The Morgan fingerprint density at radius 1 is 1.18 bits per heavy atom. The van der Waals surface area contributed by atoms with E-state index >= 15 is 0 Å². The summed E-state index contributed by atoms with van der Waals surface area (Å²) in [5, 5.41) is 2.73. The summed E-state index contributed by atoms with van der Waals surface area (Å²) in [5.74, 6) is -0.204. The number of rotatable bonds is 8. The first-order valence-corrected chi connectivity index (χ1v) is 11.4. The number of alkyl halides is 2. The van der Waals surface area contributed by atoms with Crippen molar-refractivity contribution in [1.29, 1.82) is 0 Å². The topological polar surface area (TPSA) is 80.8 Å². The maximum Gasteiger partial charge on any atom is 0.409 e. The van der Waals surface area contributed by atoms with Crippen LogP contribution in [0.15, 0.2) is 36.4 Å². The number of halogens is 2. The number of anilines is 1. The highest BCUT2D eigenvalue weighted by Crippen LogP contribution is 2.41. The minimum atomic E-state index is -3.08. The SMILES string of the molecule is Cc1ccc(NC(=O)C2(c3ccccc3C(C)C)CN(C(=O)OCC3CC3)C2)c(OC(F)F)n1. The van der Waals surface area contributed by atoms with Crippen molar-refractivity contribution >= 4 is 17.7 Å². The predicted octanol–water partition coefficient (Wildman–Crippen LogP) is 4.85. The fourth-order valence-corrected chi connectivity index (χ4v) is 4.22. The third kappa shape index (κ3) is 4.98. The molecule has 1 N–H and O–H groups in total. The summed E-state index contributed by atoms with van der Waals surface area (Å²) in [6, 6.07) is 10.7. The Balaban J connectivity index is 1.62. The zero-order valence-electron chi connectivity index (χ0n) is 19.5. The Morgan fingerprint density at radius 2 is 1.88 bits per heavy atom. The van der Waals surface area contributed by atoms with Crippen molar-refractivity contribution in [3.8, 4) is 5.88 Å². The van der Waals surface area contributed by atoms with Crippen LogP contribution in [0.5, 0.6) is 5.88 Å². The zero-order valence-corrected chi connectivity index (χ0v) is 19.5. The van der Waals surface area contributed by atoms with Gasteiger partial charge in [0.1, 0.15) is 11.1 Å². The molecule has 0 atom stereocenters. The van der Waals surface area contributed by atoms with Crippen LogP contribution in [0, 0.1) is 12.8 Å². The quantitative estimate of drug-likeness (QED) is 0.593. The normalized spacial score (nSPS) is 16.9. The van der Waals surface area contributed by atoms with Crippen LogP contribution in [0.1, 0.15) is 49.4 Å². The van der Waals surface area contributed by atoms with Crippen LogP contribution in [0.4, 0.5) is 19.3 Å². The molecule has 2 fully saturated rings. The van der Waals surface area contributed by atoms with E-state index in [1.807, 2.05) is 38.1 Å². The van der Waals surface area contributed by atoms with E-state index in [0.29, 0.717) is 18.2 Å². The third-order valence-corrected chi connectivity index (χ3v) is 6.30. The number of nitrogens with one attached hydrogen (secondary N) is 1. The second-order valence-corrected chi connectivity index (χ2v) is 9.34. The molecule has 1 aliphatic heterocycles. The third-order valence-electron chi connectivity index (χ3n) is 6.30. The smallest absolute Gasteiger partial charge is 0.409 e. The molecule has 1 aliphatic carbocycles. The van der Waals surface area contributed by atoms with Gasteiger partial charge in [-0.1, -0.05) is 38.1 Å². The van der Waals surface area contributed by atoms with Crippen LogP contribution >= 0.6 is 0 Å². The van der Waals surface area contributed by atoms with Crippen molar-refractivity contribution in [3.05, 3.63) is 53.2 Å². The highest BCUT2D eigenvalue weighted by atomic mass is 19.3. The van der Waals surface area contributed by atoms with Crippen LogP contribution in [-0.4, -0.2) is 48.2 Å². The number of benzene rings is 1. The second-order valence-electron chi connectivity index (χ2n) is 9.34. The molecule has 2 amide bonds. The van der Waals surface area contributed by atoms with Gasteiger partial charge in [0.2, 0.25) is 11.8 Å². The number of aromatic nitrogens is 1. The van der Waals surface area contributed by atoms with Crippen molar-refractivity contribution in [2.24, 2.45) is 5.92 Å². The van der Waals surface area contributed by atoms with Crippen molar-refractivity contribution in [2.75, 3.05) is 25.0 Å². The van der Waals surface area contributed by atoms with Crippen LogP contribution in [-0.2, 0) is 14.9 Å². The minimum Gasteiger partial charge on any atom is -0.449 e. The lowest BCUT2D eigenvalue weighted by molar-refractivity contribution is -0.127. The molecule has 2 heterocycles. The predicted molar refractivity (Wildman–Crippen MR) is 122 cm³/mol. The molecule has 1 aromatic carbocycles. The van der Waals surface area contributed by atoms with E-state index in [2.05, 4.69) is 15.0 Å². The van der Waals surface area contributed by atoms with Crippen LogP contribution in [0.2, 0.25) is 0 Å². The summed E-state index contributed by atoms with van der Waals surface area (Å²) in [5.41, 5.74) is 1.24. The molecular weight excluding hydrogens is 444 g/mol. The van der Waals surface area contributed by atoms with Gasteiger partial charge in [-0.25, -0.2) is 9.78 Å². The maximum absolute atomic E-state index is 13.7. The first-order valence-electron chi connectivity index (χ1n) is 11.4. The molecule has 0 unspecified atom stereocenters. The Bertz CT molecular complexity index is 1070. The number of amides is 2. The van der Waals surface area contributed by atoms with Gasteiger partial charge in [-0.05, 0) is 54.9 Å². The summed E-state index contributed by atoms with van der Waals surface area (Å²) in [6.45, 7) is 3.25. The lowest BCUT2D eigenvalue weighted by atomic mass is 9.70. The molecule has 1 saturated heterocycles. The number of hydrogen-bond donors (Lipinski definition) is 1. The summed E-state index contributed by atoms with van der Waals surface area (Å²) in [4.78, 5) is 31.7. The standard InChI is InChI=1S/C25H29F2N3O4/c1-15(2)18-6-4-5-7-19(18)25(13-30(14-25)24(32)33-12-17-9-10-17)22(31)29-20-11-8-16(3)28-21(20)34-23(26)27/h4-8,11,15,17,23H,9-10,12-14H2,1-3H3,(H,29,31). The van der Waals surface area contributed by atoms with Gasteiger partial charge in [-0.15, -0.1) is 0 Å². The average molecular weight is 474 g/mol. The Morgan fingerprint density at radius 3 is 2.53 bits per heavy atom. The lowest BCUT2D eigenvalue weighted by Gasteiger charge is -2.49. The molecule has 1 saturated carbocycles.